The van der Waals surface area contributed by atoms with Gasteiger partial charge in [0.05, 0.1) is 6.61 Å². The molecule has 1 aliphatic heterocycles. The smallest absolute Gasteiger partial charge is 0.189 e. The lowest BCUT2D eigenvalue weighted by Crippen LogP contribution is -2.31. The molecule has 0 aliphatic carbocycles. The van der Waals surface area contributed by atoms with Gasteiger partial charge < -0.3 is 18.3 Å². The second-order valence-corrected chi connectivity index (χ2v) is 2.93. The van der Waals surface area contributed by atoms with Crippen molar-refractivity contribution in [1.82, 2.24) is 0 Å². The largest absolute Gasteiger partial charge is 0.357 e. The molecular weight excluding hydrogens is 205 g/mol. The van der Waals surface area contributed by atoms with E-state index in [0.29, 0.717) is 6.61 Å². The Labute approximate surface area is 72.5 Å². The molecule has 11 heavy (non-hydrogen) atoms. The lowest BCUT2D eigenvalue weighted by Gasteiger charge is -2.17. The van der Waals surface area contributed by atoms with Gasteiger partial charge in [-0.3, -0.25) is 0 Å². The van der Waals surface area contributed by atoms with Crippen molar-refractivity contribution in [3.05, 3.63) is 0 Å². The number of hydrogen-bond donors (Lipinski definition) is 0. The molecule has 1 aliphatic rings. The molecule has 0 bridgehead atoms. The van der Waals surface area contributed by atoms with Gasteiger partial charge in [-0.1, -0.05) is 0 Å². The Kier molecular flexibility index (Phi) is 4.63. The Balaban J connectivity index is 2.48. The molecule has 5 unspecified atom stereocenters. The van der Waals surface area contributed by atoms with Crippen LogP contribution < -0.4 is 0 Å². The molecule has 0 radical (unpaired) electrons. The minimum absolute atomic E-state index is 0.0805. The van der Waals surface area contributed by atoms with E-state index in [9.17, 15) is 0 Å². The van der Waals surface area contributed by atoms with E-state index in [-0.39, 0.29) is 18.5 Å². The zero-order chi connectivity index (χ0) is 8.27. The average molecular weight is 216 g/mol. The molecule has 66 valence electrons. The molecule has 1 fully saturated rings. The fourth-order valence-electron chi connectivity index (χ4n) is 0.940. The predicted octanol–water partition coefficient (Wildman–Crippen LogP) is 0.500. The summed E-state index contributed by atoms with van der Waals surface area (Å²) in [4.78, 5) is 0. The summed E-state index contributed by atoms with van der Waals surface area (Å²) < 4.78 is 20.1. The van der Waals surface area contributed by atoms with Crippen molar-refractivity contribution < 1.29 is 18.3 Å². The molecule has 0 aromatic carbocycles. The van der Waals surface area contributed by atoms with Gasteiger partial charge in [-0.2, -0.15) is 0 Å². The Hall–Kier alpha value is 1.13. The first-order valence-electron chi connectivity index (χ1n) is 3.01. The third kappa shape index (κ3) is 2.29. The highest BCUT2D eigenvalue weighted by Crippen LogP contribution is 2.25. The van der Waals surface area contributed by atoms with E-state index in [4.69, 9.17) is 18.3 Å². The molecule has 0 saturated carbocycles. The van der Waals surface area contributed by atoms with Crippen LogP contribution in [0.1, 0.15) is 0 Å². The summed E-state index contributed by atoms with van der Waals surface area (Å²) in [5.74, 6) is 0. The minimum Gasteiger partial charge on any atom is -0.357 e. The SMILES string of the molecule is POC1OC[C@@H](OP)C1OP. The summed E-state index contributed by atoms with van der Waals surface area (Å²) in [6, 6.07) is 0. The zero-order valence-corrected chi connectivity index (χ0v) is 9.27. The molecule has 0 amide bonds. The van der Waals surface area contributed by atoms with Crippen molar-refractivity contribution in [2.45, 2.75) is 18.5 Å². The normalized spacial score (nSPS) is 37.9. The van der Waals surface area contributed by atoms with Crippen LogP contribution in [-0.2, 0) is 18.3 Å². The maximum absolute atomic E-state index is 5.19. The first kappa shape index (κ1) is 10.2. The van der Waals surface area contributed by atoms with Crippen molar-refractivity contribution in [3.63, 3.8) is 0 Å². The van der Waals surface area contributed by atoms with Gasteiger partial charge in [0.15, 0.2) is 6.29 Å². The fraction of sp³-hybridized carbons (Fsp3) is 1.00. The molecular formula is C4H11O4P3. The maximum atomic E-state index is 5.19. The quantitative estimate of drug-likeness (QED) is 0.643. The van der Waals surface area contributed by atoms with E-state index in [0.717, 1.165) is 0 Å². The first-order valence-corrected chi connectivity index (χ1v) is 4.43. The topological polar surface area (TPSA) is 36.9 Å². The van der Waals surface area contributed by atoms with E-state index < -0.39 is 0 Å². The highest BCUT2D eigenvalue weighted by molar-refractivity contribution is 7.10. The monoisotopic (exact) mass is 216 g/mol. The molecule has 4 nitrogen and oxygen atoms in total. The van der Waals surface area contributed by atoms with Gasteiger partial charge in [0.1, 0.15) is 12.2 Å². The van der Waals surface area contributed by atoms with Crippen molar-refractivity contribution in [2.75, 3.05) is 6.61 Å². The van der Waals surface area contributed by atoms with Gasteiger partial charge in [-0.15, -0.1) is 0 Å². The van der Waals surface area contributed by atoms with Crippen LogP contribution in [0.25, 0.3) is 0 Å². The molecule has 7 heteroatoms. The fourth-order valence-corrected chi connectivity index (χ4v) is 1.71. The van der Waals surface area contributed by atoms with Crippen LogP contribution in [0.2, 0.25) is 0 Å². The van der Waals surface area contributed by atoms with Crippen molar-refractivity contribution in [1.29, 1.82) is 0 Å². The summed E-state index contributed by atoms with van der Waals surface area (Å²) in [7, 11) is 6.49. The van der Waals surface area contributed by atoms with Gasteiger partial charge in [-0.25, -0.2) is 0 Å². The summed E-state index contributed by atoms with van der Waals surface area (Å²) in [5.41, 5.74) is 0. The molecule has 0 aromatic heterocycles. The number of ether oxygens (including phenoxy) is 1. The molecule has 0 spiro atoms. The summed E-state index contributed by atoms with van der Waals surface area (Å²) in [6.07, 6.45) is -0.624. The van der Waals surface area contributed by atoms with Gasteiger partial charge in [0.2, 0.25) is 0 Å². The first-order chi connectivity index (χ1) is 5.33. The molecule has 0 aromatic rings. The highest BCUT2D eigenvalue weighted by atomic mass is 31.0. The maximum Gasteiger partial charge on any atom is 0.189 e. The lowest BCUT2D eigenvalue weighted by atomic mass is 10.2. The number of rotatable bonds is 3. The van der Waals surface area contributed by atoms with Crippen LogP contribution in [0.4, 0.5) is 0 Å². The predicted molar refractivity (Wildman–Crippen MR) is 49.7 cm³/mol. The van der Waals surface area contributed by atoms with Gasteiger partial charge in [0.25, 0.3) is 0 Å². The standard InChI is InChI=1S/C4H11O4P3/c9-6-2-1-5-4(8-11)3(2)7-10/h2-4H,1,9-11H2/t2-,3?,4?/m1/s1. The number of hydrogen-bond acceptors (Lipinski definition) is 4. The molecule has 1 saturated heterocycles. The third-order valence-electron chi connectivity index (χ3n) is 1.53. The molecule has 1 rings (SSSR count). The Bertz CT molecular complexity index is 112. The van der Waals surface area contributed by atoms with Crippen molar-refractivity contribution in [3.8, 4) is 0 Å². The summed E-state index contributed by atoms with van der Waals surface area (Å²) in [5, 5.41) is 0. The Morgan fingerprint density at radius 2 is 1.82 bits per heavy atom. The average Bonchev–Trinajstić information content (AvgIpc) is 2.45. The molecule has 1 heterocycles. The lowest BCUT2D eigenvalue weighted by molar-refractivity contribution is -0.0699. The molecule has 6 atom stereocenters. The molecule has 0 N–H and O–H groups in total. The third-order valence-corrected chi connectivity index (χ3v) is 2.46. The zero-order valence-electron chi connectivity index (χ0n) is 5.80. The van der Waals surface area contributed by atoms with E-state index in [1.165, 1.54) is 0 Å². The van der Waals surface area contributed by atoms with Crippen LogP contribution in [-0.4, -0.2) is 25.1 Å². The minimum atomic E-state index is -0.358. The van der Waals surface area contributed by atoms with Gasteiger partial charge >= 0.3 is 0 Å². The van der Waals surface area contributed by atoms with E-state index in [1.54, 1.807) is 0 Å². The Morgan fingerprint density at radius 3 is 2.27 bits per heavy atom. The van der Waals surface area contributed by atoms with Crippen LogP contribution in [0.3, 0.4) is 0 Å². The van der Waals surface area contributed by atoms with Crippen LogP contribution >= 0.6 is 28.4 Å². The second kappa shape index (κ2) is 4.99. The summed E-state index contributed by atoms with van der Waals surface area (Å²) >= 11 is 0. The second-order valence-electron chi connectivity index (χ2n) is 2.11. The van der Waals surface area contributed by atoms with E-state index in [1.807, 2.05) is 0 Å². The van der Waals surface area contributed by atoms with Crippen LogP contribution in [0.15, 0.2) is 0 Å². The van der Waals surface area contributed by atoms with Crippen LogP contribution in [0, 0.1) is 0 Å². The summed E-state index contributed by atoms with van der Waals surface area (Å²) in [6.45, 7) is 0.488. The van der Waals surface area contributed by atoms with Crippen molar-refractivity contribution in [2.24, 2.45) is 0 Å². The van der Waals surface area contributed by atoms with E-state index in [2.05, 4.69) is 28.4 Å². The van der Waals surface area contributed by atoms with E-state index >= 15 is 0 Å². The Morgan fingerprint density at radius 1 is 1.09 bits per heavy atom. The van der Waals surface area contributed by atoms with Crippen LogP contribution in [0.5, 0.6) is 0 Å². The van der Waals surface area contributed by atoms with Crippen molar-refractivity contribution >= 4 is 28.4 Å². The highest BCUT2D eigenvalue weighted by Gasteiger charge is 2.38. The van der Waals surface area contributed by atoms with Gasteiger partial charge in [0, 0.05) is 28.4 Å². The van der Waals surface area contributed by atoms with Gasteiger partial charge in [-0.05, 0) is 0 Å².